The Hall–Kier alpha value is -2.54. The van der Waals surface area contributed by atoms with Crippen molar-refractivity contribution in [1.82, 2.24) is 15.5 Å². The van der Waals surface area contributed by atoms with E-state index in [9.17, 15) is 18.0 Å². The van der Waals surface area contributed by atoms with Crippen LogP contribution in [0.1, 0.15) is 16.7 Å². The van der Waals surface area contributed by atoms with Crippen LogP contribution in [0.4, 0.5) is 18.0 Å². The Morgan fingerprint density at radius 3 is 2.15 bits per heavy atom. The van der Waals surface area contributed by atoms with Crippen molar-refractivity contribution in [3.63, 3.8) is 0 Å². The summed E-state index contributed by atoms with van der Waals surface area (Å²) in [6, 6.07) is 14.5. The molecule has 0 fully saturated rings. The quantitative estimate of drug-likeness (QED) is 0.771. The van der Waals surface area contributed by atoms with Crippen LogP contribution in [0.5, 0.6) is 0 Å². The predicted molar refractivity (Wildman–Crippen MR) is 99.3 cm³/mol. The molecule has 7 heteroatoms. The van der Waals surface area contributed by atoms with Crippen LogP contribution in [0, 0.1) is 0 Å². The van der Waals surface area contributed by atoms with Gasteiger partial charge in [0, 0.05) is 19.1 Å². The highest BCUT2D eigenvalue weighted by molar-refractivity contribution is 5.73. The number of urea groups is 1. The van der Waals surface area contributed by atoms with Crippen LogP contribution in [0.2, 0.25) is 0 Å². The van der Waals surface area contributed by atoms with Gasteiger partial charge in [-0.25, -0.2) is 4.79 Å². The number of carbonyl (C=O) groups excluding carboxylic acids is 1. The SMILES string of the molecule is CN(C)C(CNC(=O)NCc1ccc(C(F)(F)F)cc1)Cc1ccccc1. The normalized spacial score (nSPS) is 12.7. The molecule has 0 saturated heterocycles. The fraction of sp³-hybridized carbons (Fsp3) is 0.350. The third-order valence-corrected chi connectivity index (χ3v) is 4.28. The Morgan fingerprint density at radius 1 is 0.963 bits per heavy atom. The number of amides is 2. The topological polar surface area (TPSA) is 44.4 Å². The van der Waals surface area contributed by atoms with Gasteiger partial charge in [-0.2, -0.15) is 13.2 Å². The number of halogens is 3. The van der Waals surface area contributed by atoms with Crippen molar-refractivity contribution in [3.05, 3.63) is 71.3 Å². The third kappa shape index (κ3) is 6.94. The molecule has 4 nitrogen and oxygen atoms in total. The number of rotatable bonds is 7. The predicted octanol–water partition coefficient (Wildman–Crippen LogP) is 3.68. The van der Waals surface area contributed by atoms with Crippen molar-refractivity contribution in [2.24, 2.45) is 0 Å². The number of carbonyl (C=O) groups is 1. The van der Waals surface area contributed by atoms with Crippen molar-refractivity contribution in [2.45, 2.75) is 25.2 Å². The maximum atomic E-state index is 12.5. The molecule has 2 aromatic carbocycles. The molecule has 146 valence electrons. The molecule has 2 aromatic rings. The zero-order valence-corrected chi connectivity index (χ0v) is 15.4. The summed E-state index contributed by atoms with van der Waals surface area (Å²) in [6.45, 7) is 0.621. The van der Waals surface area contributed by atoms with E-state index in [-0.39, 0.29) is 18.6 Å². The van der Waals surface area contributed by atoms with E-state index in [4.69, 9.17) is 0 Å². The van der Waals surface area contributed by atoms with Gasteiger partial charge < -0.3 is 15.5 Å². The van der Waals surface area contributed by atoms with Crippen LogP contribution in [0.15, 0.2) is 54.6 Å². The molecule has 0 aliphatic heterocycles. The molecule has 0 saturated carbocycles. The minimum absolute atomic E-state index is 0.129. The van der Waals surface area contributed by atoms with E-state index in [2.05, 4.69) is 10.6 Å². The van der Waals surface area contributed by atoms with Gasteiger partial charge in [-0.15, -0.1) is 0 Å². The van der Waals surface area contributed by atoms with Crippen LogP contribution < -0.4 is 10.6 Å². The maximum absolute atomic E-state index is 12.5. The molecule has 0 aliphatic rings. The zero-order chi connectivity index (χ0) is 19.9. The number of hydrogen-bond donors (Lipinski definition) is 2. The highest BCUT2D eigenvalue weighted by atomic mass is 19.4. The summed E-state index contributed by atoms with van der Waals surface area (Å²) in [5.74, 6) is 0. The third-order valence-electron chi connectivity index (χ3n) is 4.28. The lowest BCUT2D eigenvalue weighted by atomic mass is 10.1. The Bertz CT molecular complexity index is 716. The second-order valence-corrected chi connectivity index (χ2v) is 6.57. The lowest BCUT2D eigenvalue weighted by Crippen LogP contribution is -2.44. The van der Waals surface area contributed by atoms with E-state index in [1.807, 2.05) is 49.3 Å². The van der Waals surface area contributed by atoms with Crippen LogP contribution in [-0.2, 0) is 19.1 Å². The summed E-state index contributed by atoms with van der Waals surface area (Å²) in [6.07, 6.45) is -3.56. The first-order chi connectivity index (χ1) is 12.8. The molecule has 0 bridgehead atoms. The number of nitrogens with zero attached hydrogens (tertiary/aromatic N) is 1. The van der Waals surface area contributed by atoms with E-state index in [1.165, 1.54) is 17.7 Å². The van der Waals surface area contributed by atoms with Crippen LogP contribution in [-0.4, -0.2) is 37.6 Å². The van der Waals surface area contributed by atoms with Crippen molar-refractivity contribution < 1.29 is 18.0 Å². The number of likely N-dealkylation sites (N-methyl/N-ethyl adjacent to an activating group) is 1. The Labute approximate surface area is 157 Å². The van der Waals surface area contributed by atoms with Gasteiger partial charge >= 0.3 is 12.2 Å². The number of nitrogens with one attached hydrogen (secondary N) is 2. The first-order valence-electron chi connectivity index (χ1n) is 8.64. The standard InChI is InChI=1S/C20H24F3N3O/c1-26(2)18(12-15-6-4-3-5-7-15)14-25-19(27)24-13-16-8-10-17(11-9-16)20(21,22)23/h3-11,18H,12-14H2,1-2H3,(H2,24,25,27). The second-order valence-electron chi connectivity index (χ2n) is 6.57. The van der Waals surface area contributed by atoms with Crippen molar-refractivity contribution in [2.75, 3.05) is 20.6 Å². The van der Waals surface area contributed by atoms with Gasteiger partial charge in [-0.3, -0.25) is 0 Å². The van der Waals surface area contributed by atoms with Crippen molar-refractivity contribution in [3.8, 4) is 0 Å². The van der Waals surface area contributed by atoms with E-state index in [0.717, 1.165) is 18.6 Å². The fourth-order valence-electron chi connectivity index (χ4n) is 2.59. The molecule has 2 rings (SSSR count). The lowest BCUT2D eigenvalue weighted by Gasteiger charge is -2.25. The summed E-state index contributed by atoms with van der Waals surface area (Å²) in [7, 11) is 3.91. The molecule has 0 aromatic heterocycles. The Morgan fingerprint density at radius 2 is 1.59 bits per heavy atom. The molecular weight excluding hydrogens is 355 g/mol. The molecule has 1 atom stereocenters. The average Bonchev–Trinajstić information content (AvgIpc) is 2.63. The van der Waals surface area contributed by atoms with Gasteiger partial charge in [-0.05, 0) is 43.8 Å². The van der Waals surface area contributed by atoms with Gasteiger partial charge in [0.15, 0.2) is 0 Å². The van der Waals surface area contributed by atoms with Gasteiger partial charge in [0.05, 0.1) is 5.56 Å². The molecule has 1 unspecified atom stereocenters. The number of benzene rings is 2. The maximum Gasteiger partial charge on any atom is 0.416 e. The minimum Gasteiger partial charge on any atom is -0.337 e. The number of hydrogen-bond acceptors (Lipinski definition) is 2. The van der Waals surface area contributed by atoms with Crippen LogP contribution in [0.25, 0.3) is 0 Å². The molecular formula is C20H24F3N3O. The van der Waals surface area contributed by atoms with Gasteiger partial charge in [0.1, 0.15) is 0 Å². The number of alkyl halides is 3. The van der Waals surface area contributed by atoms with Crippen LogP contribution >= 0.6 is 0 Å². The fourth-order valence-corrected chi connectivity index (χ4v) is 2.59. The van der Waals surface area contributed by atoms with E-state index in [0.29, 0.717) is 12.1 Å². The summed E-state index contributed by atoms with van der Waals surface area (Å²) >= 11 is 0. The summed E-state index contributed by atoms with van der Waals surface area (Å²) in [4.78, 5) is 14.0. The first kappa shape index (κ1) is 20.8. The highest BCUT2D eigenvalue weighted by Gasteiger charge is 2.29. The van der Waals surface area contributed by atoms with E-state index >= 15 is 0 Å². The molecule has 27 heavy (non-hydrogen) atoms. The smallest absolute Gasteiger partial charge is 0.337 e. The summed E-state index contributed by atoms with van der Waals surface area (Å²) in [5, 5.41) is 5.48. The summed E-state index contributed by atoms with van der Waals surface area (Å²) in [5.41, 5.74) is 1.08. The van der Waals surface area contributed by atoms with E-state index < -0.39 is 11.7 Å². The van der Waals surface area contributed by atoms with Crippen molar-refractivity contribution >= 4 is 6.03 Å². The van der Waals surface area contributed by atoms with Crippen LogP contribution in [0.3, 0.4) is 0 Å². The molecule has 0 heterocycles. The highest BCUT2D eigenvalue weighted by Crippen LogP contribution is 2.29. The lowest BCUT2D eigenvalue weighted by molar-refractivity contribution is -0.137. The second kappa shape index (κ2) is 9.41. The van der Waals surface area contributed by atoms with Gasteiger partial charge in [0.2, 0.25) is 0 Å². The molecule has 2 N–H and O–H groups in total. The zero-order valence-electron chi connectivity index (χ0n) is 15.4. The monoisotopic (exact) mass is 379 g/mol. The molecule has 2 amide bonds. The molecule has 0 spiro atoms. The Balaban J connectivity index is 1.80. The largest absolute Gasteiger partial charge is 0.416 e. The van der Waals surface area contributed by atoms with E-state index in [1.54, 1.807) is 0 Å². The minimum atomic E-state index is -4.36. The average molecular weight is 379 g/mol. The van der Waals surface area contributed by atoms with Gasteiger partial charge in [0.25, 0.3) is 0 Å². The summed E-state index contributed by atoms with van der Waals surface area (Å²) < 4.78 is 37.6. The van der Waals surface area contributed by atoms with Gasteiger partial charge in [-0.1, -0.05) is 42.5 Å². The molecule has 0 radical (unpaired) electrons. The first-order valence-corrected chi connectivity index (χ1v) is 8.64. The Kier molecular flexibility index (Phi) is 7.24. The molecule has 0 aliphatic carbocycles. The van der Waals surface area contributed by atoms with Crippen molar-refractivity contribution in [1.29, 1.82) is 0 Å².